The second kappa shape index (κ2) is 9.44. The Labute approximate surface area is 150 Å². The third-order valence-electron chi connectivity index (χ3n) is 4.38. The van der Waals surface area contributed by atoms with Crippen molar-refractivity contribution in [1.29, 1.82) is 0 Å². The van der Waals surface area contributed by atoms with E-state index in [1.54, 1.807) is 0 Å². The van der Waals surface area contributed by atoms with Crippen LogP contribution in [-0.2, 0) is 17.9 Å². The van der Waals surface area contributed by atoms with Crippen molar-refractivity contribution in [2.75, 3.05) is 19.8 Å². The normalized spacial score (nSPS) is 16.8. The summed E-state index contributed by atoms with van der Waals surface area (Å²) in [5, 5.41) is 2.31. The van der Waals surface area contributed by atoms with Gasteiger partial charge in [-0.1, -0.05) is 30.3 Å². The summed E-state index contributed by atoms with van der Waals surface area (Å²) in [7, 11) is 0. The van der Waals surface area contributed by atoms with Crippen molar-refractivity contribution in [2.24, 2.45) is 0 Å². The lowest BCUT2D eigenvalue weighted by Gasteiger charge is -2.14. The molecule has 1 fully saturated rings. The zero-order chi connectivity index (χ0) is 17.3. The second-order valence-corrected chi connectivity index (χ2v) is 6.35. The van der Waals surface area contributed by atoms with Crippen LogP contribution in [-0.4, -0.2) is 25.9 Å². The summed E-state index contributed by atoms with van der Waals surface area (Å²) in [6.45, 7) is 6.04. The number of rotatable bonds is 9. The molecule has 4 nitrogen and oxygen atoms in total. The van der Waals surface area contributed by atoms with Crippen LogP contribution in [0, 0.1) is 0 Å². The number of benzene rings is 2. The van der Waals surface area contributed by atoms with Crippen molar-refractivity contribution >= 4 is 0 Å². The van der Waals surface area contributed by atoms with Crippen LogP contribution in [0.15, 0.2) is 48.5 Å². The lowest BCUT2D eigenvalue weighted by molar-refractivity contribution is -0.676. The number of hydrogen-bond acceptors (Lipinski definition) is 3. The van der Waals surface area contributed by atoms with Gasteiger partial charge >= 0.3 is 0 Å². The van der Waals surface area contributed by atoms with Gasteiger partial charge in [-0.05, 0) is 43.5 Å². The molecule has 1 aliphatic rings. The van der Waals surface area contributed by atoms with Gasteiger partial charge in [0, 0.05) is 12.2 Å². The van der Waals surface area contributed by atoms with Crippen LogP contribution in [0.3, 0.4) is 0 Å². The fraction of sp³-hybridized carbons (Fsp3) is 0.429. The van der Waals surface area contributed by atoms with E-state index in [-0.39, 0.29) is 0 Å². The number of nitrogens with two attached hydrogens (primary N) is 1. The molecular weight excluding hydrogens is 314 g/mol. The quantitative estimate of drug-likeness (QED) is 0.762. The fourth-order valence-corrected chi connectivity index (χ4v) is 3.07. The molecule has 0 bridgehead atoms. The summed E-state index contributed by atoms with van der Waals surface area (Å²) in [6.07, 6.45) is 2.80. The molecule has 0 amide bonds. The first-order valence-electron chi connectivity index (χ1n) is 9.21. The van der Waals surface area contributed by atoms with Crippen LogP contribution in [0.4, 0.5) is 0 Å². The zero-order valence-corrected chi connectivity index (χ0v) is 14.9. The lowest BCUT2D eigenvalue weighted by Crippen LogP contribution is -2.84. The molecule has 0 radical (unpaired) electrons. The SMILES string of the molecule is CCOc1cc(C[NH2+]C[C@@H]2CCCO2)ccc1OCc1ccccc1. The van der Waals surface area contributed by atoms with Crippen LogP contribution in [0.1, 0.15) is 30.9 Å². The summed E-state index contributed by atoms with van der Waals surface area (Å²) in [5.41, 5.74) is 2.40. The Morgan fingerprint density at radius 1 is 1.04 bits per heavy atom. The van der Waals surface area contributed by atoms with E-state index in [9.17, 15) is 0 Å². The zero-order valence-electron chi connectivity index (χ0n) is 14.9. The summed E-state index contributed by atoms with van der Waals surface area (Å²) >= 11 is 0. The highest BCUT2D eigenvalue weighted by Crippen LogP contribution is 2.29. The van der Waals surface area contributed by atoms with Crippen molar-refractivity contribution < 1.29 is 19.5 Å². The Balaban J connectivity index is 1.57. The van der Waals surface area contributed by atoms with Crippen molar-refractivity contribution in [2.45, 2.75) is 39.0 Å². The van der Waals surface area contributed by atoms with E-state index in [0.29, 0.717) is 19.3 Å². The van der Waals surface area contributed by atoms with Crippen molar-refractivity contribution in [1.82, 2.24) is 0 Å². The molecule has 2 aromatic carbocycles. The highest BCUT2D eigenvalue weighted by Gasteiger charge is 2.17. The van der Waals surface area contributed by atoms with Crippen LogP contribution >= 0.6 is 0 Å². The molecule has 4 heteroatoms. The minimum Gasteiger partial charge on any atom is -0.490 e. The minimum atomic E-state index is 0.417. The topological polar surface area (TPSA) is 44.3 Å². The monoisotopic (exact) mass is 342 g/mol. The van der Waals surface area contributed by atoms with E-state index in [2.05, 4.69) is 29.6 Å². The molecule has 0 aliphatic carbocycles. The van der Waals surface area contributed by atoms with Gasteiger partial charge in [-0.15, -0.1) is 0 Å². The Kier molecular flexibility index (Phi) is 6.71. The molecule has 2 aromatic rings. The van der Waals surface area contributed by atoms with E-state index in [4.69, 9.17) is 14.2 Å². The molecule has 0 spiro atoms. The fourth-order valence-electron chi connectivity index (χ4n) is 3.07. The van der Waals surface area contributed by atoms with Crippen LogP contribution in [0.25, 0.3) is 0 Å². The molecule has 0 saturated carbocycles. The van der Waals surface area contributed by atoms with Gasteiger partial charge < -0.3 is 19.5 Å². The maximum Gasteiger partial charge on any atom is 0.161 e. The number of quaternary nitrogens is 1. The van der Waals surface area contributed by atoms with E-state index in [1.165, 1.54) is 18.4 Å². The molecule has 1 atom stereocenters. The Hall–Kier alpha value is -2.04. The Morgan fingerprint density at radius 3 is 2.68 bits per heavy atom. The van der Waals surface area contributed by atoms with E-state index in [0.717, 1.165) is 36.8 Å². The first kappa shape index (κ1) is 17.8. The van der Waals surface area contributed by atoms with Crippen LogP contribution in [0.2, 0.25) is 0 Å². The van der Waals surface area contributed by atoms with Gasteiger partial charge in [0.1, 0.15) is 25.8 Å². The summed E-state index contributed by atoms with van der Waals surface area (Å²) < 4.78 is 17.4. The average Bonchev–Trinajstić information content (AvgIpc) is 3.16. The molecule has 1 saturated heterocycles. The lowest BCUT2D eigenvalue weighted by atomic mass is 10.2. The minimum absolute atomic E-state index is 0.417. The third-order valence-corrected chi connectivity index (χ3v) is 4.38. The molecule has 0 aromatic heterocycles. The van der Waals surface area contributed by atoms with Crippen LogP contribution in [0.5, 0.6) is 11.5 Å². The third kappa shape index (κ3) is 5.48. The average molecular weight is 342 g/mol. The first-order chi connectivity index (χ1) is 12.3. The highest BCUT2D eigenvalue weighted by molar-refractivity contribution is 5.43. The van der Waals surface area contributed by atoms with E-state index in [1.807, 2.05) is 31.2 Å². The largest absolute Gasteiger partial charge is 0.490 e. The van der Waals surface area contributed by atoms with Crippen molar-refractivity contribution in [3.05, 3.63) is 59.7 Å². The molecule has 2 N–H and O–H groups in total. The summed E-state index contributed by atoms with van der Waals surface area (Å²) in [6, 6.07) is 16.4. The van der Waals surface area contributed by atoms with Crippen LogP contribution < -0.4 is 14.8 Å². The molecule has 25 heavy (non-hydrogen) atoms. The number of hydrogen-bond donors (Lipinski definition) is 1. The van der Waals surface area contributed by atoms with Gasteiger partial charge in [0.2, 0.25) is 0 Å². The van der Waals surface area contributed by atoms with Gasteiger partial charge in [0.15, 0.2) is 11.5 Å². The maximum atomic E-state index is 5.96. The molecule has 1 aliphatic heterocycles. The van der Waals surface area contributed by atoms with Crippen molar-refractivity contribution in [3.63, 3.8) is 0 Å². The van der Waals surface area contributed by atoms with Gasteiger partial charge in [0.05, 0.1) is 6.61 Å². The second-order valence-electron chi connectivity index (χ2n) is 6.35. The number of ether oxygens (including phenoxy) is 3. The predicted octanol–water partition coefficient (Wildman–Crippen LogP) is 2.91. The summed E-state index contributed by atoms with van der Waals surface area (Å²) in [5.74, 6) is 1.62. The molecule has 0 unspecified atom stereocenters. The highest BCUT2D eigenvalue weighted by atomic mass is 16.5. The van der Waals surface area contributed by atoms with Gasteiger partial charge in [-0.25, -0.2) is 0 Å². The van der Waals surface area contributed by atoms with Gasteiger partial charge in [-0.2, -0.15) is 0 Å². The van der Waals surface area contributed by atoms with E-state index < -0.39 is 0 Å². The Bertz CT molecular complexity index is 639. The van der Waals surface area contributed by atoms with Gasteiger partial charge in [0.25, 0.3) is 0 Å². The Morgan fingerprint density at radius 2 is 1.92 bits per heavy atom. The van der Waals surface area contributed by atoms with Gasteiger partial charge in [-0.3, -0.25) is 0 Å². The smallest absolute Gasteiger partial charge is 0.161 e. The first-order valence-corrected chi connectivity index (χ1v) is 9.21. The predicted molar refractivity (Wildman–Crippen MR) is 97.9 cm³/mol. The molecule has 3 rings (SSSR count). The van der Waals surface area contributed by atoms with Crippen molar-refractivity contribution in [3.8, 4) is 11.5 Å². The molecule has 134 valence electrons. The summed E-state index contributed by atoms with van der Waals surface area (Å²) in [4.78, 5) is 0. The maximum absolute atomic E-state index is 5.96. The molecular formula is C21H28NO3+. The molecule has 1 heterocycles. The van der Waals surface area contributed by atoms with E-state index >= 15 is 0 Å². The standard InChI is InChI=1S/C21H27NO3/c1-2-23-21-13-18(14-22-15-19-9-6-12-24-19)10-11-20(21)25-16-17-7-4-3-5-8-17/h3-5,7-8,10-11,13,19,22H,2,6,9,12,14-16H2,1H3/p+1/t19-/m0/s1.